The van der Waals surface area contributed by atoms with E-state index in [1.54, 1.807) is 0 Å². The van der Waals surface area contributed by atoms with Gasteiger partial charge in [-0.15, -0.1) is 0 Å². The minimum absolute atomic E-state index is 0.632. The fourth-order valence-corrected chi connectivity index (χ4v) is 2.27. The Labute approximate surface area is 86.1 Å². The Morgan fingerprint density at radius 3 is 2.79 bits per heavy atom. The van der Waals surface area contributed by atoms with Crippen molar-refractivity contribution in [3.8, 4) is 0 Å². The summed E-state index contributed by atoms with van der Waals surface area (Å²) in [5.74, 6) is 0.632. The Bertz CT molecular complexity index is 365. The monoisotopic (exact) mass is 187 g/mol. The van der Waals surface area contributed by atoms with E-state index in [0.29, 0.717) is 5.92 Å². The first-order valence-corrected chi connectivity index (χ1v) is 5.17. The normalized spacial score (nSPS) is 21.2. The second-order valence-electron chi connectivity index (χ2n) is 4.25. The summed E-state index contributed by atoms with van der Waals surface area (Å²) in [6.07, 6.45) is 3.41. The molecule has 0 fully saturated rings. The van der Waals surface area contributed by atoms with Gasteiger partial charge in [-0.1, -0.05) is 30.7 Å². The quantitative estimate of drug-likeness (QED) is 0.600. The van der Waals surface area contributed by atoms with Gasteiger partial charge in [0.15, 0.2) is 0 Å². The van der Waals surface area contributed by atoms with E-state index in [4.69, 9.17) is 0 Å². The highest BCUT2D eigenvalue weighted by atomic mass is 15.1. The maximum Gasteiger partial charge on any atom is 0.0438 e. The molecule has 0 saturated heterocycles. The molecule has 0 aliphatic carbocycles. The molecule has 2 rings (SSSR count). The number of fused-ring (bicyclic) bond motifs is 1. The number of anilines is 1. The van der Waals surface area contributed by atoms with Gasteiger partial charge in [0.1, 0.15) is 0 Å². The minimum atomic E-state index is 0.632. The zero-order chi connectivity index (χ0) is 10.1. The molecule has 0 amide bonds. The third kappa shape index (κ3) is 1.54. The van der Waals surface area contributed by atoms with Gasteiger partial charge in [0.05, 0.1) is 0 Å². The summed E-state index contributed by atoms with van der Waals surface area (Å²) >= 11 is 0. The largest absolute Gasteiger partial charge is 0.351 e. The summed E-state index contributed by atoms with van der Waals surface area (Å²) in [6.45, 7) is 4.51. The van der Waals surface area contributed by atoms with Crippen molar-refractivity contribution >= 4 is 5.69 Å². The lowest BCUT2D eigenvalue weighted by Crippen LogP contribution is -2.09. The first kappa shape index (κ1) is 9.32. The van der Waals surface area contributed by atoms with Crippen LogP contribution in [0.3, 0.4) is 0 Å². The van der Waals surface area contributed by atoms with Gasteiger partial charge in [-0.05, 0) is 30.9 Å². The molecule has 0 N–H and O–H groups in total. The predicted molar refractivity (Wildman–Crippen MR) is 61.6 cm³/mol. The molecule has 0 aromatic heterocycles. The molecular weight excluding hydrogens is 170 g/mol. The molecule has 0 radical (unpaired) electrons. The number of allylic oxidation sites excluding steroid dienone is 1. The molecule has 1 unspecified atom stereocenters. The average molecular weight is 187 g/mol. The topological polar surface area (TPSA) is 3.24 Å². The van der Waals surface area contributed by atoms with E-state index in [9.17, 15) is 0 Å². The van der Waals surface area contributed by atoms with Gasteiger partial charge in [0, 0.05) is 18.9 Å². The van der Waals surface area contributed by atoms with Crippen LogP contribution >= 0.6 is 0 Å². The van der Waals surface area contributed by atoms with Crippen molar-refractivity contribution in [2.24, 2.45) is 0 Å². The molecule has 1 aliphatic heterocycles. The van der Waals surface area contributed by atoms with Gasteiger partial charge in [0.25, 0.3) is 0 Å². The fourth-order valence-electron chi connectivity index (χ4n) is 2.27. The van der Waals surface area contributed by atoms with Crippen molar-refractivity contribution in [2.75, 3.05) is 11.9 Å². The van der Waals surface area contributed by atoms with Crippen molar-refractivity contribution in [1.29, 1.82) is 0 Å². The second kappa shape index (κ2) is 3.49. The molecule has 74 valence electrons. The van der Waals surface area contributed by atoms with E-state index >= 15 is 0 Å². The van der Waals surface area contributed by atoms with Crippen LogP contribution in [0.5, 0.6) is 0 Å². The lowest BCUT2D eigenvalue weighted by molar-refractivity contribution is 0.759. The zero-order valence-electron chi connectivity index (χ0n) is 9.12. The van der Waals surface area contributed by atoms with Crippen molar-refractivity contribution in [3.63, 3.8) is 0 Å². The third-order valence-electron chi connectivity index (χ3n) is 2.89. The smallest absolute Gasteiger partial charge is 0.0438 e. The van der Waals surface area contributed by atoms with E-state index in [-0.39, 0.29) is 0 Å². The first-order valence-electron chi connectivity index (χ1n) is 5.17. The molecule has 0 bridgehead atoms. The third-order valence-corrected chi connectivity index (χ3v) is 2.89. The summed E-state index contributed by atoms with van der Waals surface area (Å²) < 4.78 is 0. The van der Waals surface area contributed by atoms with E-state index in [0.717, 1.165) is 0 Å². The van der Waals surface area contributed by atoms with Crippen LogP contribution in [0, 0.1) is 0 Å². The first-order chi connectivity index (χ1) is 6.68. The highest BCUT2D eigenvalue weighted by Gasteiger charge is 2.16. The Kier molecular flexibility index (Phi) is 2.32. The van der Waals surface area contributed by atoms with E-state index < -0.39 is 0 Å². The van der Waals surface area contributed by atoms with Gasteiger partial charge in [-0.25, -0.2) is 0 Å². The molecule has 1 aliphatic rings. The van der Waals surface area contributed by atoms with Gasteiger partial charge < -0.3 is 4.90 Å². The Balaban J connectivity index is 2.51. The number of para-hydroxylation sites is 1. The standard InChI is InChI=1S/C13H17N/c1-10-8-11(2)12-6-4-5-7-13(12)14(3)9-10/h4-7,9,11H,8H2,1-3H3. The zero-order valence-corrected chi connectivity index (χ0v) is 9.12. The van der Waals surface area contributed by atoms with Crippen LogP contribution in [0.2, 0.25) is 0 Å². The number of rotatable bonds is 0. The van der Waals surface area contributed by atoms with Crippen molar-refractivity contribution in [3.05, 3.63) is 41.6 Å². The Morgan fingerprint density at radius 1 is 1.29 bits per heavy atom. The van der Waals surface area contributed by atoms with E-state index in [1.165, 1.54) is 23.2 Å². The molecule has 1 aromatic rings. The minimum Gasteiger partial charge on any atom is -0.351 e. The average Bonchev–Trinajstić information content (AvgIpc) is 2.26. The molecule has 14 heavy (non-hydrogen) atoms. The summed E-state index contributed by atoms with van der Waals surface area (Å²) in [5.41, 5.74) is 4.26. The summed E-state index contributed by atoms with van der Waals surface area (Å²) in [7, 11) is 2.13. The number of hydrogen-bond acceptors (Lipinski definition) is 1. The van der Waals surface area contributed by atoms with Gasteiger partial charge >= 0.3 is 0 Å². The lowest BCUT2D eigenvalue weighted by Gasteiger charge is -2.18. The maximum atomic E-state index is 2.30. The molecule has 1 nitrogen and oxygen atoms in total. The Morgan fingerprint density at radius 2 is 2.00 bits per heavy atom. The lowest BCUT2D eigenvalue weighted by atomic mass is 9.94. The highest BCUT2D eigenvalue weighted by Crippen LogP contribution is 2.34. The summed E-state index contributed by atoms with van der Waals surface area (Å²) in [6, 6.07) is 8.67. The van der Waals surface area contributed by atoms with Crippen LogP contribution in [-0.4, -0.2) is 7.05 Å². The van der Waals surface area contributed by atoms with Crippen LogP contribution in [0.25, 0.3) is 0 Å². The molecule has 1 heterocycles. The molecule has 1 aromatic carbocycles. The van der Waals surface area contributed by atoms with E-state index in [1.807, 2.05) is 0 Å². The van der Waals surface area contributed by atoms with Crippen molar-refractivity contribution in [1.82, 2.24) is 0 Å². The number of nitrogens with zero attached hydrogens (tertiary/aromatic N) is 1. The highest BCUT2D eigenvalue weighted by molar-refractivity contribution is 5.58. The van der Waals surface area contributed by atoms with Crippen LogP contribution < -0.4 is 4.90 Å². The SMILES string of the molecule is CC1=CN(C)c2ccccc2C(C)C1. The van der Waals surface area contributed by atoms with Gasteiger partial charge in [-0.2, -0.15) is 0 Å². The molecule has 0 spiro atoms. The van der Waals surface area contributed by atoms with Gasteiger partial charge in [0.2, 0.25) is 0 Å². The van der Waals surface area contributed by atoms with Crippen LogP contribution in [0.15, 0.2) is 36.0 Å². The second-order valence-corrected chi connectivity index (χ2v) is 4.25. The predicted octanol–water partition coefficient (Wildman–Crippen LogP) is 3.53. The van der Waals surface area contributed by atoms with Gasteiger partial charge in [-0.3, -0.25) is 0 Å². The molecule has 1 atom stereocenters. The van der Waals surface area contributed by atoms with Crippen LogP contribution in [0.4, 0.5) is 5.69 Å². The van der Waals surface area contributed by atoms with Crippen molar-refractivity contribution in [2.45, 2.75) is 26.2 Å². The van der Waals surface area contributed by atoms with Crippen molar-refractivity contribution < 1.29 is 0 Å². The fraction of sp³-hybridized carbons (Fsp3) is 0.385. The molecular formula is C13H17N. The summed E-state index contributed by atoms with van der Waals surface area (Å²) in [4.78, 5) is 2.23. The number of hydrogen-bond donors (Lipinski definition) is 0. The number of benzene rings is 1. The summed E-state index contributed by atoms with van der Waals surface area (Å²) in [5, 5.41) is 0. The molecule has 1 heteroatoms. The van der Waals surface area contributed by atoms with Crippen LogP contribution in [-0.2, 0) is 0 Å². The maximum absolute atomic E-state index is 2.30. The Hall–Kier alpha value is -1.24. The van der Waals surface area contributed by atoms with Crippen LogP contribution in [0.1, 0.15) is 31.7 Å². The van der Waals surface area contributed by atoms with E-state index in [2.05, 4.69) is 56.3 Å². The molecule has 0 saturated carbocycles.